The number of halogens is 2. The van der Waals surface area contributed by atoms with Crippen LogP contribution in [-0.4, -0.2) is 5.78 Å². The number of ketones is 1. The Labute approximate surface area is 128 Å². The van der Waals surface area contributed by atoms with Crippen LogP contribution in [0.1, 0.15) is 23.6 Å². The molecule has 0 fully saturated rings. The Balaban J connectivity index is 2.01. The van der Waals surface area contributed by atoms with Crippen molar-refractivity contribution in [2.75, 3.05) is 0 Å². The van der Waals surface area contributed by atoms with Crippen molar-refractivity contribution in [2.45, 2.75) is 18.9 Å². The highest BCUT2D eigenvalue weighted by Gasteiger charge is 2.13. The molecule has 1 atom stereocenters. The Bertz CT molecular complexity index is 599. The van der Waals surface area contributed by atoms with Gasteiger partial charge in [0.1, 0.15) is 5.78 Å². The van der Waals surface area contributed by atoms with E-state index in [0.29, 0.717) is 10.0 Å². The van der Waals surface area contributed by atoms with E-state index in [4.69, 9.17) is 28.9 Å². The highest BCUT2D eigenvalue weighted by Crippen LogP contribution is 2.22. The van der Waals surface area contributed by atoms with Crippen LogP contribution in [0.4, 0.5) is 0 Å². The minimum atomic E-state index is -0.290. The normalized spacial score (nSPS) is 12.2. The monoisotopic (exact) mass is 307 g/mol. The van der Waals surface area contributed by atoms with Gasteiger partial charge in [-0.05, 0) is 29.3 Å². The number of carbonyl (C=O) groups is 1. The van der Waals surface area contributed by atoms with Gasteiger partial charge < -0.3 is 5.73 Å². The summed E-state index contributed by atoms with van der Waals surface area (Å²) in [5.41, 5.74) is 7.73. The number of hydrogen-bond acceptors (Lipinski definition) is 2. The molecule has 2 rings (SSSR count). The molecule has 0 amide bonds. The van der Waals surface area contributed by atoms with Gasteiger partial charge >= 0.3 is 0 Å². The van der Waals surface area contributed by atoms with Gasteiger partial charge in [0.25, 0.3) is 0 Å². The maximum Gasteiger partial charge on any atom is 0.139 e. The molecule has 2 nitrogen and oxygen atoms in total. The van der Waals surface area contributed by atoms with Crippen LogP contribution in [0.15, 0.2) is 48.5 Å². The highest BCUT2D eigenvalue weighted by atomic mass is 35.5. The molecule has 0 saturated carbocycles. The van der Waals surface area contributed by atoms with Crippen molar-refractivity contribution in [3.8, 4) is 0 Å². The molecule has 0 aliphatic carbocycles. The van der Waals surface area contributed by atoms with Crippen LogP contribution in [-0.2, 0) is 11.2 Å². The molecule has 20 heavy (non-hydrogen) atoms. The Morgan fingerprint density at radius 1 is 1.10 bits per heavy atom. The minimum Gasteiger partial charge on any atom is -0.324 e. The lowest BCUT2D eigenvalue weighted by atomic mass is 9.99. The maximum atomic E-state index is 12.1. The summed E-state index contributed by atoms with van der Waals surface area (Å²) in [6.07, 6.45) is 0.535. The Morgan fingerprint density at radius 3 is 2.50 bits per heavy atom. The van der Waals surface area contributed by atoms with E-state index < -0.39 is 0 Å². The van der Waals surface area contributed by atoms with Crippen LogP contribution in [0.2, 0.25) is 10.0 Å². The molecule has 4 heteroatoms. The molecular weight excluding hydrogens is 293 g/mol. The summed E-state index contributed by atoms with van der Waals surface area (Å²) in [6.45, 7) is 0. The van der Waals surface area contributed by atoms with Crippen LogP contribution >= 0.6 is 23.2 Å². The summed E-state index contributed by atoms with van der Waals surface area (Å²) in [4.78, 5) is 12.1. The molecule has 0 spiro atoms. The summed E-state index contributed by atoms with van der Waals surface area (Å²) in [6, 6.07) is 14.4. The molecule has 104 valence electrons. The van der Waals surface area contributed by atoms with Crippen LogP contribution in [0.3, 0.4) is 0 Å². The largest absolute Gasteiger partial charge is 0.324 e. The quantitative estimate of drug-likeness (QED) is 0.899. The fourth-order valence-corrected chi connectivity index (χ4v) is 2.41. The lowest BCUT2D eigenvalue weighted by Gasteiger charge is -2.11. The van der Waals surface area contributed by atoms with Gasteiger partial charge in [-0.1, -0.05) is 53.5 Å². The summed E-state index contributed by atoms with van der Waals surface area (Å²) in [7, 11) is 0. The summed E-state index contributed by atoms with van der Waals surface area (Å²) in [5.74, 6) is 0.0468. The van der Waals surface area contributed by atoms with Gasteiger partial charge in [-0.15, -0.1) is 0 Å². The van der Waals surface area contributed by atoms with Crippen molar-refractivity contribution in [2.24, 2.45) is 5.73 Å². The number of nitrogens with two attached hydrogens (primary N) is 1. The van der Waals surface area contributed by atoms with E-state index in [1.54, 1.807) is 18.2 Å². The number of benzene rings is 2. The zero-order valence-corrected chi connectivity index (χ0v) is 12.4. The predicted molar refractivity (Wildman–Crippen MR) is 83.2 cm³/mol. The molecule has 0 bridgehead atoms. The molecule has 2 N–H and O–H groups in total. The van der Waals surface area contributed by atoms with Crippen LogP contribution in [0.25, 0.3) is 0 Å². The fraction of sp³-hybridized carbons (Fsp3) is 0.188. The second kappa shape index (κ2) is 6.89. The molecule has 0 aromatic heterocycles. The molecule has 0 aliphatic rings. The van der Waals surface area contributed by atoms with Crippen molar-refractivity contribution < 1.29 is 4.79 Å². The molecular formula is C16H15Cl2NO. The first-order valence-electron chi connectivity index (χ1n) is 6.32. The first kappa shape index (κ1) is 15.0. The highest BCUT2D eigenvalue weighted by molar-refractivity contribution is 6.33. The maximum absolute atomic E-state index is 12.1. The second-order valence-electron chi connectivity index (χ2n) is 4.67. The lowest BCUT2D eigenvalue weighted by Crippen LogP contribution is -2.16. The SMILES string of the molecule is NC(CC(=O)Cc1cc(Cl)ccc1Cl)c1ccccc1. The molecule has 2 aromatic carbocycles. The van der Waals surface area contributed by atoms with Crippen LogP contribution in [0.5, 0.6) is 0 Å². The van der Waals surface area contributed by atoms with E-state index in [9.17, 15) is 4.79 Å². The van der Waals surface area contributed by atoms with E-state index in [2.05, 4.69) is 0 Å². The third-order valence-electron chi connectivity index (χ3n) is 3.07. The zero-order valence-electron chi connectivity index (χ0n) is 10.9. The Hall–Kier alpha value is -1.35. The summed E-state index contributed by atoms with van der Waals surface area (Å²) >= 11 is 12.0. The van der Waals surface area contributed by atoms with Gasteiger partial charge in [-0.3, -0.25) is 4.79 Å². The van der Waals surface area contributed by atoms with Crippen LogP contribution in [0, 0.1) is 0 Å². The fourth-order valence-electron chi connectivity index (χ4n) is 2.03. The summed E-state index contributed by atoms with van der Waals surface area (Å²) < 4.78 is 0. The van der Waals surface area contributed by atoms with E-state index in [1.807, 2.05) is 30.3 Å². The molecule has 2 aromatic rings. The van der Waals surface area contributed by atoms with E-state index in [-0.39, 0.29) is 24.7 Å². The smallest absolute Gasteiger partial charge is 0.139 e. The number of hydrogen-bond donors (Lipinski definition) is 1. The van der Waals surface area contributed by atoms with Gasteiger partial charge in [-0.25, -0.2) is 0 Å². The standard InChI is InChI=1S/C16H15Cl2NO/c17-13-6-7-15(18)12(8-13)9-14(20)10-16(19)11-4-2-1-3-5-11/h1-8,16H,9-10,19H2. The van der Waals surface area contributed by atoms with Crippen molar-refractivity contribution in [3.63, 3.8) is 0 Å². The van der Waals surface area contributed by atoms with Gasteiger partial charge in [0.2, 0.25) is 0 Å². The second-order valence-corrected chi connectivity index (χ2v) is 5.52. The number of rotatable bonds is 5. The van der Waals surface area contributed by atoms with Crippen molar-refractivity contribution >= 4 is 29.0 Å². The third kappa shape index (κ3) is 4.07. The number of Topliss-reactive ketones (excluding diaryl/α,β-unsaturated/α-hetero) is 1. The van der Waals surface area contributed by atoms with E-state index in [1.165, 1.54) is 0 Å². The third-order valence-corrected chi connectivity index (χ3v) is 3.67. The topological polar surface area (TPSA) is 43.1 Å². The van der Waals surface area contributed by atoms with E-state index in [0.717, 1.165) is 11.1 Å². The molecule has 0 radical (unpaired) electrons. The average Bonchev–Trinajstić information content (AvgIpc) is 2.43. The summed E-state index contributed by atoms with van der Waals surface area (Å²) in [5, 5.41) is 1.13. The van der Waals surface area contributed by atoms with Gasteiger partial charge in [0, 0.05) is 28.9 Å². The van der Waals surface area contributed by atoms with Crippen molar-refractivity contribution in [1.82, 2.24) is 0 Å². The lowest BCUT2D eigenvalue weighted by molar-refractivity contribution is -0.118. The van der Waals surface area contributed by atoms with Gasteiger partial charge in [0.15, 0.2) is 0 Å². The first-order valence-corrected chi connectivity index (χ1v) is 7.08. The van der Waals surface area contributed by atoms with Crippen LogP contribution < -0.4 is 5.73 Å². The van der Waals surface area contributed by atoms with Crippen molar-refractivity contribution in [1.29, 1.82) is 0 Å². The molecule has 0 heterocycles. The number of carbonyl (C=O) groups excluding carboxylic acids is 1. The average molecular weight is 308 g/mol. The molecule has 0 aliphatic heterocycles. The Morgan fingerprint density at radius 2 is 1.80 bits per heavy atom. The van der Waals surface area contributed by atoms with Gasteiger partial charge in [0.05, 0.1) is 0 Å². The first-order chi connectivity index (χ1) is 9.56. The Kier molecular flexibility index (Phi) is 5.18. The van der Waals surface area contributed by atoms with Crippen molar-refractivity contribution in [3.05, 3.63) is 69.7 Å². The zero-order chi connectivity index (χ0) is 14.5. The molecule has 1 unspecified atom stereocenters. The van der Waals surface area contributed by atoms with Gasteiger partial charge in [-0.2, -0.15) is 0 Å². The predicted octanol–water partition coefficient (Wildman–Crippen LogP) is 4.20. The molecule has 0 saturated heterocycles. The minimum absolute atomic E-state index is 0.0468. The van der Waals surface area contributed by atoms with E-state index >= 15 is 0 Å².